The van der Waals surface area contributed by atoms with Crippen LogP contribution in [-0.4, -0.2) is 28.0 Å². The minimum atomic E-state index is -3.63. The SMILES string of the molecule is CCOCc1ccc(CNC(=O)c2cc(C)c(C)c(S(=O)(=O)NC)c2)cc1. The van der Waals surface area contributed by atoms with E-state index in [4.69, 9.17) is 4.74 Å². The molecule has 1 amide bonds. The van der Waals surface area contributed by atoms with Gasteiger partial charge in [-0.3, -0.25) is 4.79 Å². The fourth-order valence-electron chi connectivity index (χ4n) is 2.60. The van der Waals surface area contributed by atoms with Crippen LogP contribution in [0.3, 0.4) is 0 Å². The molecule has 2 rings (SSSR count). The van der Waals surface area contributed by atoms with E-state index in [0.717, 1.165) is 16.7 Å². The second-order valence-corrected chi connectivity index (χ2v) is 8.12. The molecule has 2 aromatic carbocycles. The van der Waals surface area contributed by atoms with Crippen LogP contribution in [0.5, 0.6) is 0 Å². The number of hydrogen-bond donors (Lipinski definition) is 2. The Bertz CT molecular complexity index is 906. The minimum Gasteiger partial charge on any atom is -0.377 e. The van der Waals surface area contributed by atoms with Gasteiger partial charge in [0.05, 0.1) is 11.5 Å². The second-order valence-electron chi connectivity index (χ2n) is 6.26. The van der Waals surface area contributed by atoms with Gasteiger partial charge >= 0.3 is 0 Å². The Hall–Kier alpha value is -2.22. The van der Waals surface area contributed by atoms with Crippen LogP contribution in [0.15, 0.2) is 41.3 Å². The topological polar surface area (TPSA) is 84.5 Å². The van der Waals surface area contributed by atoms with Gasteiger partial charge in [-0.25, -0.2) is 13.1 Å². The average Bonchev–Trinajstić information content (AvgIpc) is 2.67. The molecule has 0 fully saturated rings. The number of sulfonamides is 1. The van der Waals surface area contributed by atoms with Crippen molar-refractivity contribution >= 4 is 15.9 Å². The van der Waals surface area contributed by atoms with Crippen LogP contribution in [0, 0.1) is 13.8 Å². The maximum atomic E-state index is 12.5. The molecule has 0 aliphatic heterocycles. The highest BCUT2D eigenvalue weighted by molar-refractivity contribution is 7.89. The van der Waals surface area contributed by atoms with Gasteiger partial charge in [-0.1, -0.05) is 24.3 Å². The number of hydrogen-bond acceptors (Lipinski definition) is 4. The summed E-state index contributed by atoms with van der Waals surface area (Å²) < 4.78 is 32.0. The van der Waals surface area contributed by atoms with Crippen LogP contribution >= 0.6 is 0 Å². The quantitative estimate of drug-likeness (QED) is 0.726. The van der Waals surface area contributed by atoms with Gasteiger partial charge in [-0.15, -0.1) is 0 Å². The van der Waals surface area contributed by atoms with Gasteiger partial charge in [-0.05, 0) is 62.2 Å². The number of amides is 1. The molecule has 27 heavy (non-hydrogen) atoms. The van der Waals surface area contributed by atoms with Crippen LogP contribution in [0.2, 0.25) is 0 Å². The molecule has 2 N–H and O–H groups in total. The number of benzene rings is 2. The minimum absolute atomic E-state index is 0.121. The Labute approximate surface area is 161 Å². The largest absolute Gasteiger partial charge is 0.377 e. The van der Waals surface area contributed by atoms with Crippen molar-refractivity contribution in [3.8, 4) is 0 Å². The van der Waals surface area contributed by atoms with E-state index in [9.17, 15) is 13.2 Å². The van der Waals surface area contributed by atoms with Gasteiger partial charge in [0, 0.05) is 18.7 Å². The second kappa shape index (κ2) is 9.12. The molecule has 6 nitrogen and oxygen atoms in total. The third-order valence-corrected chi connectivity index (χ3v) is 5.93. The number of carbonyl (C=O) groups is 1. The third-order valence-electron chi connectivity index (χ3n) is 4.39. The molecule has 0 spiro atoms. The van der Waals surface area contributed by atoms with Crippen molar-refractivity contribution in [1.29, 1.82) is 0 Å². The summed E-state index contributed by atoms with van der Waals surface area (Å²) in [6.07, 6.45) is 0. The van der Waals surface area contributed by atoms with Crippen molar-refractivity contribution in [2.24, 2.45) is 0 Å². The van der Waals surface area contributed by atoms with E-state index in [1.807, 2.05) is 31.2 Å². The Morgan fingerprint density at radius 1 is 1.07 bits per heavy atom. The first-order valence-electron chi connectivity index (χ1n) is 8.77. The standard InChI is InChI=1S/C20H26N2O4S/c1-5-26-13-17-8-6-16(7-9-17)12-22-20(23)18-10-14(2)15(3)19(11-18)27(24,25)21-4/h6-11,21H,5,12-13H2,1-4H3,(H,22,23). The Balaban J connectivity index is 2.12. The summed E-state index contributed by atoms with van der Waals surface area (Å²) in [5, 5.41) is 2.84. The summed E-state index contributed by atoms with van der Waals surface area (Å²) in [5.41, 5.74) is 3.72. The van der Waals surface area contributed by atoms with E-state index in [0.29, 0.717) is 30.9 Å². The Kier molecular flexibility index (Phi) is 7.12. The fraction of sp³-hybridized carbons (Fsp3) is 0.350. The zero-order valence-electron chi connectivity index (χ0n) is 16.1. The number of nitrogens with one attached hydrogen (secondary N) is 2. The van der Waals surface area contributed by atoms with Gasteiger partial charge in [0.15, 0.2) is 0 Å². The van der Waals surface area contributed by atoms with E-state index in [-0.39, 0.29) is 10.8 Å². The van der Waals surface area contributed by atoms with Gasteiger partial charge in [0.2, 0.25) is 10.0 Å². The van der Waals surface area contributed by atoms with Crippen LogP contribution in [0.1, 0.15) is 39.5 Å². The monoisotopic (exact) mass is 390 g/mol. The van der Waals surface area contributed by atoms with E-state index in [1.165, 1.54) is 13.1 Å². The predicted molar refractivity (Wildman–Crippen MR) is 105 cm³/mol. The molecular formula is C20H26N2O4S. The zero-order chi connectivity index (χ0) is 20.0. The maximum absolute atomic E-state index is 12.5. The van der Waals surface area contributed by atoms with Crippen LogP contribution in [-0.2, 0) is 27.9 Å². The smallest absolute Gasteiger partial charge is 0.251 e. The van der Waals surface area contributed by atoms with Crippen molar-refractivity contribution in [3.05, 3.63) is 64.2 Å². The molecule has 0 heterocycles. The van der Waals surface area contributed by atoms with E-state index < -0.39 is 10.0 Å². The van der Waals surface area contributed by atoms with Crippen LogP contribution < -0.4 is 10.0 Å². The lowest BCUT2D eigenvalue weighted by Gasteiger charge is -2.12. The first-order valence-corrected chi connectivity index (χ1v) is 10.3. The molecule has 0 aliphatic rings. The Morgan fingerprint density at radius 2 is 1.70 bits per heavy atom. The lowest BCUT2D eigenvalue weighted by molar-refractivity contribution is 0.0950. The van der Waals surface area contributed by atoms with Gasteiger partial charge in [0.25, 0.3) is 5.91 Å². The fourth-order valence-corrected chi connectivity index (χ4v) is 3.67. The summed E-state index contributed by atoms with van der Waals surface area (Å²) in [5.74, 6) is -0.316. The van der Waals surface area contributed by atoms with Gasteiger partial charge in [-0.2, -0.15) is 0 Å². The van der Waals surface area contributed by atoms with E-state index in [1.54, 1.807) is 19.9 Å². The molecule has 0 saturated heterocycles. The first kappa shape index (κ1) is 21.1. The third kappa shape index (κ3) is 5.38. The molecule has 0 saturated carbocycles. The summed E-state index contributed by atoms with van der Waals surface area (Å²) >= 11 is 0. The number of carbonyl (C=O) groups excluding carboxylic acids is 1. The summed E-state index contributed by atoms with van der Waals surface area (Å²) in [6, 6.07) is 10.9. The van der Waals surface area contributed by atoms with Crippen molar-refractivity contribution in [2.45, 2.75) is 38.8 Å². The lowest BCUT2D eigenvalue weighted by atomic mass is 10.1. The van der Waals surface area contributed by atoms with Gasteiger partial charge < -0.3 is 10.1 Å². The predicted octanol–water partition coefficient (Wildman–Crippen LogP) is 2.68. The molecule has 2 aromatic rings. The molecule has 0 aromatic heterocycles. The molecule has 0 unspecified atom stereocenters. The normalized spacial score (nSPS) is 11.4. The lowest BCUT2D eigenvalue weighted by Crippen LogP contribution is -2.25. The molecule has 0 aliphatic carbocycles. The highest BCUT2D eigenvalue weighted by Crippen LogP contribution is 2.21. The molecule has 0 atom stereocenters. The highest BCUT2D eigenvalue weighted by Gasteiger charge is 2.19. The van der Waals surface area contributed by atoms with Crippen molar-refractivity contribution in [3.63, 3.8) is 0 Å². The van der Waals surface area contributed by atoms with Crippen molar-refractivity contribution in [2.75, 3.05) is 13.7 Å². The number of aryl methyl sites for hydroxylation is 1. The Morgan fingerprint density at radius 3 is 2.30 bits per heavy atom. The molecular weight excluding hydrogens is 364 g/mol. The number of rotatable bonds is 8. The summed E-state index contributed by atoms with van der Waals surface area (Å²) in [6.45, 7) is 7.05. The molecule has 146 valence electrons. The van der Waals surface area contributed by atoms with E-state index in [2.05, 4.69) is 10.0 Å². The average molecular weight is 391 g/mol. The number of ether oxygens (including phenoxy) is 1. The van der Waals surface area contributed by atoms with Crippen molar-refractivity contribution < 1.29 is 17.9 Å². The molecule has 0 radical (unpaired) electrons. The summed E-state index contributed by atoms with van der Waals surface area (Å²) in [4.78, 5) is 12.6. The molecule has 0 bridgehead atoms. The highest BCUT2D eigenvalue weighted by atomic mass is 32.2. The zero-order valence-corrected chi connectivity index (χ0v) is 16.9. The van der Waals surface area contributed by atoms with Crippen LogP contribution in [0.4, 0.5) is 0 Å². The maximum Gasteiger partial charge on any atom is 0.251 e. The van der Waals surface area contributed by atoms with Crippen LogP contribution in [0.25, 0.3) is 0 Å². The first-order chi connectivity index (χ1) is 12.8. The summed E-state index contributed by atoms with van der Waals surface area (Å²) in [7, 11) is -2.28. The van der Waals surface area contributed by atoms with Crippen molar-refractivity contribution in [1.82, 2.24) is 10.0 Å². The van der Waals surface area contributed by atoms with Gasteiger partial charge in [0.1, 0.15) is 0 Å². The van der Waals surface area contributed by atoms with E-state index >= 15 is 0 Å². The molecule has 7 heteroatoms.